The minimum atomic E-state index is -0.607. The monoisotopic (exact) mass is 1150 g/mol. The fourth-order valence-electron chi connectivity index (χ4n) is 11.0. The van der Waals surface area contributed by atoms with Gasteiger partial charge >= 0.3 is 0 Å². The molecule has 5 heterocycles. The predicted octanol–water partition coefficient (Wildman–Crippen LogP) is 18.8. The summed E-state index contributed by atoms with van der Waals surface area (Å²) in [5, 5.41) is 65.0. The van der Waals surface area contributed by atoms with Crippen LogP contribution in [0.2, 0.25) is 0 Å². The van der Waals surface area contributed by atoms with E-state index in [1.807, 2.05) is 67.5 Å². The van der Waals surface area contributed by atoms with Crippen LogP contribution in [0.1, 0.15) is 136 Å². The van der Waals surface area contributed by atoms with Crippen LogP contribution in [-0.2, 0) is 10.8 Å². The maximum Gasteiger partial charge on any atom is 0.255 e. The molecule has 0 fully saturated rings. The maximum absolute atomic E-state index is 11.0. The molecule has 0 bridgehead atoms. The minimum absolute atomic E-state index is 0.140. The summed E-state index contributed by atoms with van der Waals surface area (Å²) in [6.07, 6.45) is 0. The molecule has 18 nitrogen and oxygen atoms in total. The molecule has 19 heteroatoms. The molecule has 0 atom stereocenters. The first-order valence-corrected chi connectivity index (χ1v) is 29.0. The van der Waals surface area contributed by atoms with E-state index in [4.69, 9.17) is 47.2 Å². The van der Waals surface area contributed by atoms with Gasteiger partial charge < -0.3 is 21.3 Å². The smallest absolute Gasteiger partial charge is 0.255 e. The quantitative estimate of drug-likeness (QED) is 0.0594. The first-order valence-electron chi connectivity index (χ1n) is 28.2. The number of aryl methyl sites for hydroxylation is 14. The summed E-state index contributed by atoms with van der Waals surface area (Å²) in [5.74, 6) is 2.45. The van der Waals surface area contributed by atoms with Gasteiger partial charge in [0.05, 0.1) is 18.0 Å². The Hall–Kier alpha value is -9.46. The van der Waals surface area contributed by atoms with Gasteiger partial charge in [-0.25, -0.2) is 14.8 Å². The summed E-state index contributed by atoms with van der Waals surface area (Å²) in [4.78, 5) is 14.3. The van der Waals surface area contributed by atoms with Crippen LogP contribution in [-0.4, -0.2) is 39.7 Å². The number of aromatic nitrogens is 8. The van der Waals surface area contributed by atoms with Crippen molar-refractivity contribution in [2.24, 2.45) is 20.5 Å². The average Bonchev–Trinajstić information content (AvgIpc) is 1.87. The van der Waals surface area contributed by atoms with E-state index >= 15 is 0 Å². The SMILES string of the molecule is [C-]#[N+]c1c(C(C)(C)C)nn(-c2nnc(-n3nc(C(C)(C)C)c(C#N)c3N=Nc3c(C)cc(Nc4c(C)cc(C)cc4C)nc3Nc3c(C)cc(C)cc3C)s2)c1N=Nc1c(C)cc(Nc2c(C)cc(C)cc2C)nc1Nc1c(C)cc(C)cc1C. The van der Waals surface area contributed by atoms with Crippen LogP contribution in [0, 0.1) is 115 Å². The molecule has 0 amide bonds. The van der Waals surface area contributed by atoms with Gasteiger partial charge in [-0.3, -0.25) is 0 Å². The molecule has 85 heavy (non-hydrogen) atoms. The molecule has 4 N–H and O–H groups in total. The highest BCUT2D eigenvalue weighted by atomic mass is 32.1. The number of pyridine rings is 2. The number of nitriles is 1. The van der Waals surface area contributed by atoms with Crippen molar-refractivity contribution >= 4 is 86.1 Å². The molecule has 0 unspecified atom stereocenters. The van der Waals surface area contributed by atoms with Crippen molar-refractivity contribution in [3.8, 4) is 16.3 Å². The lowest BCUT2D eigenvalue weighted by Crippen LogP contribution is -2.14. The fourth-order valence-corrected chi connectivity index (χ4v) is 11.7. The van der Waals surface area contributed by atoms with Crippen LogP contribution in [0.15, 0.2) is 81.1 Å². The van der Waals surface area contributed by atoms with Gasteiger partial charge in [0.2, 0.25) is 10.3 Å². The summed E-state index contributed by atoms with van der Waals surface area (Å²) in [7, 11) is 0. The first kappa shape index (κ1) is 60.1. The summed E-state index contributed by atoms with van der Waals surface area (Å²) in [5.41, 5.74) is 19.6. The third kappa shape index (κ3) is 12.4. The lowest BCUT2D eigenvalue weighted by molar-refractivity contribution is 0.558. The molecule has 0 aliphatic rings. The van der Waals surface area contributed by atoms with Gasteiger partial charge in [-0.15, -0.1) is 30.7 Å². The summed E-state index contributed by atoms with van der Waals surface area (Å²) in [6.45, 7) is 49.3. The van der Waals surface area contributed by atoms with Crippen molar-refractivity contribution < 1.29 is 0 Å². The van der Waals surface area contributed by atoms with Gasteiger partial charge in [0.25, 0.3) is 5.69 Å². The van der Waals surface area contributed by atoms with Crippen molar-refractivity contribution in [2.75, 3.05) is 21.3 Å². The minimum Gasteiger partial charge on any atom is -0.340 e. The van der Waals surface area contributed by atoms with E-state index < -0.39 is 10.8 Å². The van der Waals surface area contributed by atoms with Crippen LogP contribution in [0.4, 0.5) is 74.7 Å². The van der Waals surface area contributed by atoms with E-state index in [0.29, 0.717) is 46.0 Å². The normalized spacial score (nSPS) is 11.9. The van der Waals surface area contributed by atoms with Crippen molar-refractivity contribution in [3.63, 3.8) is 0 Å². The highest BCUT2D eigenvalue weighted by Gasteiger charge is 2.32. The Bertz CT molecular complexity index is 3930. The number of nitrogens with zero attached hydrogens (tertiary/aromatic N) is 14. The van der Waals surface area contributed by atoms with Crippen LogP contribution in [0.5, 0.6) is 0 Å². The lowest BCUT2D eigenvalue weighted by Gasteiger charge is -2.18. The molecule has 0 saturated carbocycles. The number of azo groups is 2. The Morgan fingerprint density at radius 1 is 0.459 bits per heavy atom. The second kappa shape index (κ2) is 23.3. The molecule has 5 aromatic heterocycles. The number of hydrogen-bond donors (Lipinski definition) is 4. The molecule has 9 aromatic rings. The van der Waals surface area contributed by atoms with Gasteiger partial charge in [0.1, 0.15) is 34.6 Å². The van der Waals surface area contributed by atoms with Crippen LogP contribution in [0.3, 0.4) is 0 Å². The Labute approximate surface area is 502 Å². The zero-order valence-corrected chi connectivity index (χ0v) is 53.3. The van der Waals surface area contributed by atoms with E-state index in [1.54, 1.807) is 0 Å². The van der Waals surface area contributed by atoms with E-state index in [1.165, 1.54) is 20.5 Å². The zero-order chi connectivity index (χ0) is 61.7. The highest BCUT2D eigenvalue weighted by Crippen LogP contribution is 2.45. The van der Waals surface area contributed by atoms with Gasteiger partial charge in [-0.05, 0) is 170 Å². The van der Waals surface area contributed by atoms with E-state index in [9.17, 15) is 5.26 Å². The van der Waals surface area contributed by atoms with Gasteiger partial charge in [-0.2, -0.15) is 24.8 Å². The molecule has 434 valence electrons. The van der Waals surface area contributed by atoms with Crippen LogP contribution in [0.25, 0.3) is 15.1 Å². The topological polar surface area (TPSA) is 213 Å². The number of hydrogen-bond acceptors (Lipinski definition) is 16. The standard InChI is InChI=1S/C66H74N18S/c1-33-22-37(5)50(38(6)23-33)69-48-30-45(13)54(59(71-48)73-52-41(9)26-35(3)27-42(52)10)75-77-61-47(32-67)57(65(15,16)17)81-83(61)63-79-80-64(85-63)84-62(56(68-21)58(82-84)66(18,19)20)78-76-55-46(14)31-49(70-51-39(7)24-34(2)25-40(51)8)72-60(55)74-53-43(11)28-36(4)29-44(53)12/h22-31H,1-20H3,(H2,69,71,73)(H2,70,72,74). The fraction of sp³-hybridized carbons (Fsp3) is 0.333. The molecule has 0 saturated heterocycles. The Morgan fingerprint density at radius 3 is 1.13 bits per heavy atom. The third-order valence-corrected chi connectivity index (χ3v) is 15.5. The second-order valence-corrected chi connectivity index (χ2v) is 25.5. The van der Waals surface area contributed by atoms with E-state index in [0.717, 1.165) is 101 Å². The second-order valence-electron chi connectivity index (χ2n) is 24.5. The van der Waals surface area contributed by atoms with Gasteiger partial charge in [0, 0.05) is 28.2 Å². The Kier molecular flexibility index (Phi) is 16.5. The maximum atomic E-state index is 11.0. The molecule has 0 radical (unpaired) electrons. The number of nitrogens with one attached hydrogen (secondary N) is 4. The molecule has 9 rings (SSSR count). The van der Waals surface area contributed by atoms with Gasteiger partial charge in [0.15, 0.2) is 23.3 Å². The number of anilines is 8. The van der Waals surface area contributed by atoms with Crippen LogP contribution < -0.4 is 21.3 Å². The van der Waals surface area contributed by atoms with E-state index in [-0.39, 0.29) is 33.1 Å². The molecule has 0 aliphatic carbocycles. The van der Waals surface area contributed by atoms with Crippen molar-refractivity contribution in [1.82, 2.24) is 39.7 Å². The van der Waals surface area contributed by atoms with E-state index in [2.05, 4.69) is 174 Å². The number of benzene rings is 4. The average molecular weight is 1150 g/mol. The molecule has 0 aliphatic heterocycles. The third-order valence-electron chi connectivity index (χ3n) is 14.7. The molecule has 4 aromatic carbocycles. The zero-order valence-electron chi connectivity index (χ0n) is 52.4. The summed E-state index contributed by atoms with van der Waals surface area (Å²) in [6, 6.07) is 23.4. The van der Waals surface area contributed by atoms with Crippen LogP contribution >= 0.6 is 11.3 Å². The summed E-state index contributed by atoms with van der Waals surface area (Å²) < 4.78 is 2.99. The van der Waals surface area contributed by atoms with Crippen molar-refractivity contribution in [3.05, 3.63) is 167 Å². The first-order chi connectivity index (χ1) is 40.0. The molecule has 0 spiro atoms. The Balaban J connectivity index is 1.17. The number of rotatable bonds is 14. The molecular weight excluding hydrogens is 1080 g/mol. The van der Waals surface area contributed by atoms with Gasteiger partial charge in [-0.1, -0.05) is 124 Å². The molecular formula is C66H74N18S. The Morgan fingerprint density at radius 2 is 0.788 bits per heavy atom. The highest BCUT2D eigenvalue weighted by molar-refractivity contribution is 7.16. The largest absolute Gasteiger partial charge is 0.340 e. The predicted molar refractivity (Wildman–Crippen MR) is 345 cm³/mol. The van der Waals surface area contributed by atoms with Crippen molar-refractivity contribution in [2.45, 2.75) is 149 Å². The summed E-state index contributed by atoms with van der Waals surface area (Å²) >= 11 is 1.13. The lowest BCUT2D eigenvalue weighted by atomic mass is 9.90. The van der Waals surface area contributed by atoms with Crippen molar-refractivity contribution in [1.29, 1.82) is 5.26 Å².